The standard InChI is InChI=1S/C35H44O5S/c1-24-13-14-30(40-32(37)16-18-41-17-15-31(36)39-23-25-11-9-8-10-12-25)27(19-24)20-26-21-28(34(2,3)4)33(38)29(22-26)35(5,6)7/h8-14,19,21-22,38H,15-18,20,23H2,1-7H3. The molecule has 5 nitrogen and oxygen atoms in total. The molecule has 0 bridgehead atoms. The minimum Gasteiger partial charge on any atom is -0.507 e. The third-order valence-electron chi connectivity index (χ3n) is 6.76. The van der Waals surface area contributed by atoms with Crippen LogP contribution in [0.15, 0.2) is 60.7 Å². The van der Waals surface area contributed by atoms with Gasteiger partial charge < -0.3 is 14.6 Å². The second-order valence-electron chi connectivity index (χ2n) is 12.6. The third-order valence-corrected chi connectivity index (χ3v) is 7.75. The topological polar surface area (TPSA) is 72.8 Å². The summed E-state index contributed by atoms with van der Waals surface area (Å²) >= 11 is 1.54. The van der Waals surface area contributed by atoms with Crippen molar-refractivity contribution in [2.45, 2.75) is 85.2 Å². The molecule has 0 aliphatic rings. The van der Waals surface area contributed by atoms with E-state index in [1.165, 1.54) is 11.8 Å². The Bertz CT molecular complexity index is 1300. The molecule has 1 N–H and O–H groups in total. The normalized spacial score (nSPS) is 11.8. The van der Waals surface area contributed by atoms with E-state index in [-0.39, 0.29) is 35.8 Å². The van der Waals surface area contributed by atoms with E-state index in [2.05, 4.69) is 59.7 Å². The highest BCUT2D eigenvalue weighted by molar-refractivity contribution is 7.99. The average molecular weight is 577 g/mol. The first-order valence-electron chi connectivity index (χ1n) is 14.2. The quantitative estimate of drug-likeness (QED) is 0.141. The molecule has 0 aliphatic heterocycles. The van der Waals surface area contributed by atoms with E-state index in [0.29, 0.717) is 35.8 Å². The first-order valence-corrected chi connectivity index (χ1v) is 15.3. The molecule has 0 unspecified atom stereocenters. The van der Waals surface area contributed by atoms with Gasteiger partial charge in [-0.3, -0.25) is 9.59 Å². The van der Waals surface area contributed by atoms with E-state index in [1.54, 1.807) is 0 Å². The molecule has 0 amide bonds. The minimum absolute atomic E-state index is 0.224. The van der Waals surface area contributed by atoms with E-state index in [1.807, 2.05) is 49.4 Å². The van der Waals surface area contributed by atoms with Crippen LogP contribution in [0.1, 0.15) is 87.8 Å². The van der Waals surface area contributed by atoms with Gasteiger partial charge in [0.05, 0.1) is 12.8 Å². The summed E-state index contributed by atoms with van der Waals surface area (Å²) in [6.07, 6.45) is 1.13. The molecule has 3 aromatic carbocycles. The van der Waals surface area contributed by atoms with Gasteiger partial charge in [-0.05, 0) is 51.6 Å². The number of aryl methyl sites for hydroxylation is 1. The molecular weight excluding hydrogens is 532 g/mol. The first-order chi connectivity index (χ1) is 19.2. The highest BCUT2D eigenvalue weighted by atomic mass is 32.2. The molecule has 0 aromatic heterocycles. The van der Waals surface area contributed by atoms with Crippen molar-refractivity contribution in [1.29, 1.82) is 0 Å². The van der Waals surface area contributed by atoms with Gasteiger partial charge in [0.25, 0.3) is 0 Å². The molecule has 0 radical (unpaired) electrons. The van der Waals surface area contributed by atoms with Gasteiger partial charge in [-0.25, -0.2) is 0 Å². The smallest absolute Gasteiger partial charge is 0.312 e. The van der Waals surface area contributed by atoms with Gasteiger partial charge in [-0.2, -0.15) is 11.8 Å². The Morgan fingerprint density at radius 3 is 1.95 bits per heavy atom. The summed E-state index contributed by atoms with van der Waals surface area (Å²) in [5.74, 6) is 1.51. The number of carbonyl (C=O) groups excluding carboxylic acids is 2. The number of hydrogen-bond acceptors (Lipinski definition) is 6. The maximum Gasteiger partial charge on any atom is 0.312 e. The summed E-state index contributed by atoms with van der Waals surface area (Å²) in [5.41, 5.74) is 5.41. The molecule has 0 atom stereocenters. The van der Waals surface area contributed by atoms with Crippen molar-refractivity contribution in [2.75, 3.05) is 11.5 Å². The number of benzene rings is 3. The number of hydrogen-bond donors (Lipinski definition) is 1. The van der Waals surface area contributed by atoms with Gasteiger partial charge in [0.2, 0.25) is 0 Å². The van der Waals surface area contributed by atoms with Crippen molar-refractivity contribution in [2.24, 2.45) is 0 Å². The van der Waals surface area contributed by atoms with Crippen molar-refractivity contribution >= 4 is 23.7 Å². The van der Waals surface area contributed by atoms with E-state index in [0.717, 1.165) is 33.4 Å². The highest BCUT2D eigenvalue weighted by Crippen LogP contribution is 2.40. The van der Waals surface area contributed by atoms with Crippen molar-refractivity contribution in [1.82, 2.24) is 0 Å². The fourth-order valence-corrected chi connectivity index (χ4v) is 5.33. The molecule has 0 heterocycles. The maximum absolute atomic E-state index is 12.7. The molecule has 0 aliphatic carbocycles. The third kappa shape index (κ3) is 9.96. The zero-order valence-electron chi connectivity index (χ0n) is 25.5. The van der Waals surface area contributed by atoms with Gasteiger partial charge in [0.1, 0.15) is 18.1 Å². The lowest BCUT2D eigenvalue weighted by Gasteiger charge is -2.28. The van der Waals surface area contributed by atoms with Crippen LogP contribution in [-0.2, 0) is 38.2 Å². The van der Waals surface area contributed by atoms with E-state index in [9.17, 15) is 14.7 Å². The molecule has 0 saturated heterocycles. The predicted octanol–water partition coefficient (Wildman–Crippen LogP) is 8.05. The van der Waals surface area contributed by atoms with Gasteiger partial charge >= 0.3 is 11.9 Å². The Balaban J connectivity index is 1.59. The van der Waals surface area contributed by atoms with E-state index in [4.69, 9.17) is 9.47 Å². The fraction of sp³-hybridized carbons (Fsp3) is 0.429. The first kappa shape index (κ1) is 32.3. The molecule has 6 heteroatoms. The van der Waals surface area contributed by atoms with Crippen LogP contribution in [0.25, 0.3) is 0 Å². The second kappa shape index (κ2) is 14.1. The molecule has 41 heavy (non-hydrogen) atoms. The van der Waals surface area contributed by atoms with E-state index >= 15 is 0 Å². The number of esters is 2. The Morgan fingerprint density at radius 1 is 0.780 bits per heavy atom. The molecule has 220 valence electrons. The number of carbonyl (C=O) groups is 2. The highest BCUT2D eigenvalue weighted by Gasteiger charge is 2.27. The SMILES string of the molecule is Cc1ccc(OC(=O)CCSCCC(=O)OCc2ccccc2)c(Cc2cc(C(C)(C)C)c(O)c(C(C)(C)C)c2)c1. The lowest BCUT2D eigenvalue weighted by molar-refractivity contribution is -0.144. The van der Waals surface area contributed by atoms with Crippen molar-refractivity contribution in [3.8, 4) is 11.5 Å². The molecular formula is C35H44O5S. The zero-order valence-corrected chi connectivity index (χ0v) is 26.3. The number of thioether (sulfide) groups is 1. The average Bonchev–Trinajstić information content (AvgIpc) is 2.89. The number of aromatic hydroxyl groups is 1. The van der Waals surface area contributed by atoms with Crippen LogP contribution >= 0.6 is 11.8 Å². The van der Waals surface area contributed by atoms with Gasteiger partial charge in [-0.1, -0.05) is 102 Å². The molecule has 3 rings (SSSR count). The summed E-state index contributed by atoms with van der Waals surface area (Å²) in [6.45, 7) is 14.9. The second-order valence-corrected chi connectivity index (χ2v) is 13.8. The monoisotopic (exact) mass is 576 g/mol. The van der Waals surface area contributed by atoms with Crippen LogP contribution in [0.2, 0.25) is 0 Å². The Morgan fingerprint density at radius 2 is 1.37 bits per heavy atom. The minimum atomic E-state index is -0.300. The summed E-state index contributed by atoms with van der Waals surface area (Å²) in [5, 5.41) is 11.1. The van der Waals surface area contributed by atoms with Crippen LogP contribution in [-0.4, -0.2) is 28.6 Å². The summed E-state index contributed by atoms with van der Waals surface area (Å²) in [4.78, 5) is 24.7. The lowest BCUT2D eigenvalue weighted by Crippen LogP contribution is -2.18. The van der Waals surface area contributed by atoms with Gasteiger partial charge in [0, 0.05) is 17.9 Å². The molecule has 3 aromatic rings. The molecule has 0 fully saturated rings. The van der Waals surface area contributed by atoms with Crippen molar-refractivity contribution in [3.63, 3.8) is 0 Å². The summed E-state index contributed by atoms with van der Waals surface area (Å²) in [7, 11) is 0. The van der Waals surface area contributed by atoms with Gasteiger partial charge in [0.15, 0.2) is 0 Å². The molecule has 0 spiro atoms. The maximum atomic E-state index is 12.7. The summed E-state index contributed by atoms with van der Waals surface area (Å²) in [6, 6.07) is 19.6. The van der Waals surface area contributed by atoms with Crippen molar-refractivity contribution in [3.05, 3.63) is 94.0 Å². The van der Waals surface area contributed by atoms with Crippen LogP contribution in [0.5, 0.6) is 11.5 Å². The Kier molecular flexibility index (Phi) is 11.1. The van der Waals surface area contributed by atoms with Crippen LogP contribution in [0, 0.1) is 6.92 Å². The van der Waals surface area contributed by atoms with E-state index < -0.39 is 0 Å². The largest absolute Gasteiger partial charge is 0.507 e. The van der Waals surface area contributed by atoms with Crippen LogP contribution < -0.4 is 4.74 Å². The number of ether oxygens (including phenoxy) is 2. The lowest BCUT2D eigenvalue weighted by atomic mass is 9.78. The fourth-order valence-electron chi connectivity index (χ4n) is 4.50. The number of phenols is 1. The van der Waals surface area contributed by atoms with Crippen LogP contribution in [0.3, 0.4) is 0 Å². The number of phenolic OH excluding ortho intramolecular Hbond substituents is 1. The number of rotatable bonds is 11. The zero-order chi connectivity index (χ0) is 30.2. The Labute approximate surface area is 249 Å². The van der Waals surface area contributed by atoms with Crippen molar-refractivity contribution < 1.29 is 24.2 Å². The predicted molar refractivity (Wildman–Crippen MR) is 168 cm³/mol. The molecule has 0 saturated carbocycles. The Hall–Kier alpha value is -3.25. The van der Waals surface area contributed by atoms with Crippen LogP contribution in [0.4, 0.5) is 0 Å². The summed E-state index contributed by atoms with van der Waals surface area (Å²) < 4.78 is 11.1. The van der Waals surface area contributed by atoms with Gasteiger partial charge in [-0.15, -0.1) is 0 Å².